The van der Waals surface area contributed by atoms with E-state index < -0.39 is 0 Å². The van der Waals surface area contributed by atoms with Crippen LogP contribution < -0.4 is 10.2 Å². The van der Waals surface area contributed by atoms with Crippen LogP contribution in [-0.4, -0.2) is 24.0 Å². The summed E-state index contributed by atoms with van der Waals surface area (Å²) in [6, 6.07) is 14.5. The van der Waals surface area contributed by atoms with Gasteiger partial charge in [0.25, 0.3) is 0 Å². The molecule has 138 valence electrons. The van der Waals surface area contributed by atoms with E-state index in [0.717, 1.165) is 37.3 Å². The molecule has 0 aliphatic carbocycles. The first-order valence-electron chi connectivity index (χ1n) is 9.61. The lowest BCUT2D eigenvalue weighted by molar-refractivity contribution is -0.125. The molecule has 1 N–H and O–H groups in total. The van der Waals surface area contributed by atoms with Gasteiger partial charge in [0.2, 0.25) is 5.91 Å². The van der Waals surface area contributed by atoms with Gasteiger partial charge in [-0.1, -0.05) is 44.2 Å². The summed E-state index contributed by atoms with van der Waals surface area (Å²) in [5, 5.41) is 3.20. The lowest BCUT2D eigenvalue weighted by atomic mass is 9.95. The van der Waals surface area contributed by atoms with Crippen LogP contribution in [0.4, 0.5) is 5.82 Å². The molecule has 0 saturated carbocycles. The summed E-state index contributed by atoms with van der Waals surface area (Å²) in [4.78, 5) is 19.4. The highest BCUT2D eigenvalue weighted by Crippen LogP contribution is 2.23. The average molecular weight is 351 g/mol. The van der Waals surface area contributed by atoms with E-state index in [0.29, 0.717) is 5.92 Å². The highest BCUT2D eigenvalue weighted by atomic mass is 16.2. The molecule has 1 aromatic carbocycles. The maximum Gasteiger partial charge on any atom is 0.225 e. The van der Waals surface area contributed by atoms with Crippen LogP contribution in [0.2, 0.25) is 0 Å². The Morgan fingerprint density at radius 1 is 1.12 bits per heavy atom. The Kier molecular flexibility index (Phi) is 5.92. The molecule has 0 radical (unpaired) electrons. The van der Waals surface area contributed by atoms with Crippen molar-refractivity contribution in [3.05, 3.63) is 59.8 Å². The molecule has 1 aliphatic rings. The highest BCUT2D eigenvalue weighted by Gasteiger charge is 2.27. The van der Waals surface area contributed by atoms with Crippen LogP contribution in [0.3, 0.4) is 0 Å². The van der Waals surface area contributed by atoms with Crippen molar-refractivity contribution in [2.75, 3.05) is 18.0 Å². The largest absolute Gasteiger partial charge is 0.356 e. The van der Waals surface area contributed by atoms with E-state index in [-0.39, 0.29) is 17.9 Å². The topological polar surface area (TPSA) is 45.2 Å². The molecule has 1 aliphatic heterocycles. The van der Waals surface area contributed by atoms with Gasteiger partial charge in [-0.05, 0) is 48.9 Å². The fraction of sp³-hybridized carbons (Fsp3) is 0.455. The van der Waals surface area contributed by atoms with Crippen LogP contribution in [0.25, 0.3) is 0 Å². The minimum atomic E-state index is 0.0168. The lowest BCUT2D eigenvalue weighted by Crippen LogP contribution is -2.44. The van der Waals surface area contributed by atoms with Crippen molar-refractivity contribution in [1.29, 1.82) is 0 Å². The van der Waals surface area contributed by atoms with Gasteiger partial charge >= 0.3 is 0 Å². The van der Waals surface area contributed by atoms with E-state index in [2.05, 4.69) is 60.2 Å². The second-order valence-corrected chi connectivity index (χ2v) is 7.52. The molecule has 2 unspecified atom stereocenters. The Labute approximate surface area is 156 Å². The molecule has 1 amide bonds. The zero-order chi connectivity index (χ0) is 18.5. The Morgan fingerprint density at radius 3 is 2.50 bits per heavy atom. The van der Waals surface area contributed by atoms with E-state index in [1.54, 1.807) is 0 Å². The number of benzene rings is 1. The fourth-order valence-electron chi connectivity index (χ4n) is 3.52. The van der Waals surface area contributed by atoms with Crippen molar-refractivity contribution in [1.82, 2.24) is 10.3 Å². The Hall–Kier alpha value is -2.36. The van der Waals surface area contributed by atoms with Gasteiger partial charge in [0.05, 0.1) is 12.0 Å². The summed E-state index contributed by atoms with van der Waals surface area (Å²) in [7, 11) is 0. The lowest BCUT2D eigenvalue weighted by Gasteiger charge is -2.33. The van der Waals surface area contributed by atoms with Gasteiger partial charge in [-0.2, -0.15) is 0 Å². The number of carbonyl (C=O) groups excluding carboxylic acids is 1. The fourth-order valence-corrected chi connectivity index (χ4v) is 3.52. The van der Waals surface area contributed by atoms with Crippen molar-refractivity contribution in [3.63, 3.8) is 0 Å². The number of carbonyl (C=O) groups is 1. The molecule has 26 heavy (non-hydrogen) atoms. The van der Waals surface area contributed by atoms with Crippen molar-refractivity contribution in [2.24, 2.45) is 5.92 Å². The first-order chi connectivity index (χ1) is 12.5. The van der Waals surface area contributed by atoms with Crippen LogP contribution in [0.5, 0.6) is 0 Å². The number of piperidine rings is 1. The summed E-state index contributed by atoms with van der Waals surface area (Å²) in [6.45, 7) is 8.14. The van der Waals surface area contributed by atoms with Gasteiger partial charge in [0.15, 0.2) is 0 Å². The van der Waals surface area contributed by atoms with Crippen LogP contribution in [0.1, 0.15) is 56.7 Å². The summed E-state index contributed by atoms with van der Waals surface area (Å²) < 4.78 is 0. The minimum absolute atomic E-state index is 0.0168. The molecule has 3 rings (SSSR count). The molecule has 2 atom stereocenters. The van der Waals surface area contributed by atoms with Gasteiger partial charge in [0, 0.05) is 19.3 Å². The summed E-state index contributed by atoms with van der Waals surface area (Å²) in [5.74, 6) is 1.64. The highest BCUT2D eigenvalue weighted by molar-refractivity contribution is 5.80. The summed E-state index contributed by atoms with van der Waals surface area (Å²) in [5.41, 5.74) is 2.48. The molecule has 1 aromatic heterocycles. The van der Waals surface area contributed by atoms with Crippen LogP contribution in [0, 0.1) is 5.92 Å². The minimum Gasteiger partial charge on any atom is -0.356 e. The van der Waals surface area contributed by atoms with E-state index in [1.165, 1.54) is 5.56 Å². The maximum absolute atomic E-state index is 12.8. The molecule has 0 bridgehead atoms. The number of hydrogen-bond donors (Lipinski definition) is 1. The number of amides is 1. The summed E-state index contributed by atoms with van der Waals surface area (Å²) in [6.07, 6.45) is 3.77. The molecule has 4 nitrogen and oxygen atoms in total. The van der Waals surface area contributed by atoms with Crippen molar-refractivity contribution in [2.45, 2.75) is 45.6 Å². The van der Waals surface area contributed by atoms with Crippen LogP contribution in [0.15, 0.2) is 48.7 Å². The third-order valence-corrected chi connectivity index (χ3v) is 5.23. The molecule has 1 saturated heterocycles. The zero-order valence-electron chi connectivity index (χ0n) is 16.0. The SMILES string of the molecule is CC(C)c1ccc(C(C)NC(=O)C2CCCN(c3ccccn3)C2)cc1. The third-order valence-electron chi connectivity index (χ3n) is 5.23. The number of aromatic nitrogens is 1. The van der Waals surface area contributed by atoms with Crippen molar-refractivity contribution >= 4 is 11.7 Å². The Bertz CT molecular complexity index is 712. The monoisotopic (exact) mass is 351 g/mol. The van der Waals surface area contributed by atoms with E-state index in [9.17, 15) is 4.79 Å². The smallest absolute Gasteiger partial charge is 0.225 e. The van der Waals surface area contributed by atoms with Crippen LogP contribution >= 0.6 is 0 Å². The molecular formula is C22H29N3O. The molecule has 0 spiro atoms. The Balaban J connectivity index is 1.60. The molecule has 4 heteroatoms. The molecule has 2 aromatic rings. The average Bonchev–Trinajstić information content (AvgIpc) is 2.68. The molecule has 2 heterocycles. The first-order valence-corrected chi connectivity index (χ1v) is 9.61. The number of nitrogens with zero attached hydrogens (tertiary/aromatic N) is 2. The second kappa shape index (κ2) is 8.35. The van der Waals surface area contributed by atoms with E-state index in [4.69, 9.17) is 0 Å². The van der Waals surface area contributed by atoms with E-state index in [1.807, 2.05) is 24.4 Å². The number of nitrogens with one attached hydrogen (secondary N) is 1. The molecular weight excluding hydrogens is 322 g/mol. The second-order valence-electron chi connectivity index (χ2n) is 7.52. The Morgan fingerprint density at radius 2 is 1.85 bits per heavy atom. The third kappa shape index (κ3) is 4.43. The predicted molar refractivity (Wildman–Crippen MR) is 106 cm³/mol. The van der Waals surface area contributed by atoms with Crippen molar-refractivity contribution < 1.29 is 4.79 Å². The normalized spacial score (nSPS) is 18.6. The van der Waals surface area contributed by atoms with Crippen LogP contribution in [-0.2, 0) is 4.79 Å². The van der Waals surface area contributed by atoms with Gasteiger partial charge in [-0.15, -0.1) is 0 Å². The standard InChI is InChI=1S/C22H29N3O/c1-16(2)18-9-11-19(12-10-18)17(3)24-22(26)20-7-6-14-25(15-20)21-8-4-5-13-23-21/h4-5,8-13,16-17,20H,6-7,14-15H2,1-3H3,(H,24,26). The number of anilines is 1. The van der Waals surface area contributed by atoms with Gasteiger partial charge in [-0.25, -0.2) is 4.98 Å². The number of hydrogen-bond acceptors (Lipinski definition) is 3. The maximum atomic E-state index is 12.8. The van der Waals surface area contributed by atoms with Gasteiger partial charge < -0.3 is 10.2 Å². The molecule has 1 fully saturated rings. The first kappa shape index (κ1) is 18.4. The van der Waals surface area contributed by atoms with E-state index >= 15 is 0 Å². The quantitative estimate of drug-likeness (QED) is 0.873. The number of rotatable bonds is 5. The summed E-state index contributed by atoms with van der Waals surface area (Å²) >= 11 is 0. The van der Waals surface area contributed by atoms with Crippen molar-refractivity contribution in [3.8, 4) is 0 Å². The predicted octanol–water partition coefficient (Wildman–Crippen LogP) is 4.30. The zero-order valence-corrected chi connectivity index (χ0v) is 16.0. The van der Waals surface area contributed by atoms with Gasteiger partial charge in [0.1, 0.15) is 5.82 Å². The number of pyridine rings is 1. The van der Waals surface area contributed by atoms with Gasteiger partial charge in [-0.3, -0.25) is 4.79 Å².